The van der Waals surface area contributed by atoms with Crippen molar-refractivity contribution < 1.29 is 4.79 Å². The smallest absolute Gasteiger partial charge is 0.253 e. The first-order valence-electron chi connectivity index (χ1n) is 5.90. The second-order valence-corrected chi connectivity index (χ2v) is 4.50. The van der Waals surface area contributed by atoms with E-state index in [2.05, 4.69) is 20.8 Å². The molecule has 1 rings (SSSR count). The van der Waals surface area contributed by atoms with Crippen LogP contribution in [0.25, 0.3) is 0 Å². The quantitative estimate of drug-likeness (QED) is 0.761. The Kier molecular flexibility index (Phi) is 4.53. The van der Waals surface area contributed by atoms with Crippen molar-refractivity contribution in [2.75, 3.05) is 7.05 Å². The van der Waals surface area contributed by atoms with Gasteiger partial charge in [0.2, 0.25) is 0 Å². The van der Waals surface area contributed by atoms with Gasteiger partial charge < -0.3 is 4.90 Å². The molecule has 2 heteroatoms. The van der Waals surface area contributed by atoms with Gasteiger partial charge in [0, 0.05) is 18.7 Å². The van der Waals surface area contributed by atoms with Crippen molar-refractivity contribution in [3.05, 3.63) is 35.9 Å². The molecule has 1 atom stereocenters. The van der Waals surface area contributed by atoms with Crippen molar-refractivity contribution in [1.82, 2.24) is 4.90 Å². The zero-order valence-corrected chi connectivity index (χ0v) is 10.6. The number of nitrogens with zero attached hydrogens (tertiary/aromatic N) is 1. The predicted molar refractivity (Wildman–Crippen MR) is 67.5 cm³/mol. The molecule has 0 spiro atoms. The molecule has 0 radical (unpaired) electrons. The zero-order valence-electron chi connectivity index (χ0n) is 10.6. The van der Waals surface area contributed by atoms with Gasteiger partial charge in [-0.05, 0) is 24.5 Å². The first kappa shape index (κ1) is 12.8. The number of rotatable bonds is 4. The second kappa shape index (κ2) is 5.69. The molecule has 2 nitrogen and oxygen atoms in total. The average molecular weight is 219 g/mol. The summed E-state index contributed by atoms with van der Waals surface area (Å²) in [5.41, 5.74) is 0.768. The molecule has 0 bridgehead atoms. The van der Waals surface area contributed by atoms with Gasteiger partial charge in [-0.1, -0.05) is 39.0 Å². The van der Waals surface area contributed by atoms with E-state index in [0.29, 0.717) is 12.0 Å². The van der Waals surface area contributed by atoms with Gasteiger partial charge in [-0.2, -0.15) is 0 Å². The van der Waals surface area contributed by atoms with Crippen LogP contribution in [0.3, 0.4) is 0 Å². The molecule has 0 aliphatic heterocycles. The van der Waals surface area contributed by atoms with Gasteiger partial charge in [0.15, 0.2) is 0 Å². The van der Waals surface area contributed by atoms with Crippen molar-refractivity contribution in [1.29, 1.82) is 0 Å². The van der Waals surface area contributed by atoms with Crippen LogP contribution in [-0.2, 0) is 0 Å². The fourth-order valence-corrected chi connectivity index (χ4v) is 2.13. The highest BCUT2D eigenvalue weighted by molar-refractivity contribution is 5.94. The van der Waals surface area contributed by atoms with E-state index in [1.165, 1.54) is 0 Å². The minimum Gasteiger partial charge on any atom is -0.338 e. The molecule has 0 N–H and O–H groups in total. The van der Waals surface area contributed by atoms with Gasteiger partial charge >= 0.3 is 0 Å². The van der Waals surface area contributed by atoms with Crippen molar-refractivity contribution in [2.24, 2.45) is 5.92 Å². The zero-order chi connectivity index (χ0) is 12.1. The maximum absolute atomic E-state index is 12.2. The van der Waals surface area contributed by atoms with Gasteiger partial charge in [0.05, 0.1) is 0 Å². The summed E-state index contributed by atoms with van der Waals surface area (Å²) < 4.78 is 0. The summed E-state index contributed by atoms with van der Waals surface area (Å²) in [6.07, 6.45) is 0.993. The number of benzene rings is 1. The Balaban J connectivity index is 2.81. The first-order chi connectivity index (χ1) is 7.57. The van der Waals surface area contributed by atoms with Crippen molar-refractivity contribution in [2.45, 2.75) is 33.2 Å². The fourth-order valence-electron chi connectivity index (χ4n) is 2.13. The molecule has 0 saturated heterocycles. The Hall–Kier alpha value is -1.31. The van der Waals surface area contributed by atoms with Gasteiger partial charge in [0.1, 0.15) is 0 Å². The predicted octanol–water partition coefficient (Wildman–Crippen LogP) is 3.19. The Morgan fingerprint density at radius 1 is 1.25 bits per heavy atom. The molecule has 1 aromatic carbocycles. The third-order valence-electron chi connectivity index (χ3n) is 3.03. The molecule has 16 heavy (non-hydrogen) atoms. The number of hydrogen-bond acceptors (Lipinski definition) is 1. The van der Waals surface area contributed by atoms with E-state index in [4.69, 9.17) is 0 Å². The molecular weight excluding hydrogens is 198 g/mol. The van der Waals surface area contributed by atoms with Crippen LogP contribution < -0.4 is 0 Å². The van der Waals surface area contributed by atoms with Crippen LogP contribution in [0.4, 0.5) is 0 Å². The number of carbonyl (C=O) groups is 1. The minimum atomic E-state index is 0.112. The highest BCUT2D eigenvalue weighted by atomic mass is 16.2. The van der Waals surface area contributed by atoms with Crippen LogP contribution in [0.2, 0.25) is 0 Å². The van der Waals surface area contributed by atoms with Crippen LogP contribution in [0, 0.1) is 5.92 Å². The Bertz CT molecular complexity index is 332. The lowest BCUT2D eigenvalue weighted by Gasteiger charge is -2.30. The highest BCUT2D eigenvalue weighted by Crippen LogP contribution is 2.15. The lowest BCUT2D eigenvalue weighted by molar-refractivity contribution is 0.0684. The SMILES string of the molecule is CCC(C(C)C)N(C)C(=O)c1ccccc1. The maximum atomic E-state index is 12.2. The molecule has 1 amide bonds. The molecule has 0 fully saturated rings. The molecule has 88 valence electrons. The summed E-state index contributed by atoms with van der Waals surface area (Å²) in [6.45, 7) is 6.44. The standard InChI is InChI=1S/C14H21NO/c1-5-13(11(2)3)15(4)14(16)12-9-7-6-8-10-12/h6-11,13H,5H2,1-4H3. The molecular formula is C14H21NO. The van der Waals surface area contributed by atoms with Crippen molar-refractivity contribution in [3.63, 3.8) is 0 Å². The number of carbonyl (C=O) groups excluding carboxylic acids is 1. The third-order valence-corrected chi connectivity index (χ3v) is 3.03. The summed E-state index contributed by atoms with van der Waals surface area (Å²) in [5, 5.41) is 0. The highest BCUT2D eigenvalue weighted by Gasteiger charge is 2.21. The van der Waals surface area contributed by atoms with Gasteiger partial charge in [-0.25, -0.2) is 0 Å². The fraction of sp³-hybridized carbons (Fsp3) is 0.500. The van der Waals surface area contributed by atoms with Crippen LogP contribution >= 0.6 is 0 Å². The normalized spacial score (nSPS) is 12.6. The van der Waals surface area contributed by atoms with E-state index in [0.717, 1.165) is 12.0 Å². The largest absolute Gasteiger partial charge is 0.338 e. The molecule has 0 saturated carbocycles. The second-order valence-electron chi connectivity index (χ2n) is 4.50. The first-order valence-corrected chi connectivity index (χ1v) is 5.90. The summed E-state index contributed by atoms with van der Waals surface area (Å²) >= 11 is 0. The van der Waals surface area contributed by atoms with Crippen LogP contribution in [-0.4, -0.2) is 23.9 Å². The molecule has 1 aromatic rings. The van der Waals surface area contributed by atoms with Crippen molar-refractivity contribution >= 4 is 5.91 Å². The van der Waals surface area contributed by atoms with Crippen molar-refractivity contribution in [3.8, 4) is 0 Å². The molecule has 0 aromatic heterocycles. The van der Waals surface area contributed by atoms with Gasteiger partial charge in [-0.3, -0.25) is 4.79 Å². The Morgan fingerprint density at radius 3 is 2.25 bits per heavy atom. The summed E-state index contributed by atoms with van der Waals surface area (Å²) in [4.78, 5) is 14.0. The van der Waals surface area contributed by atoms with E-state index >= 15 is 0 Å². The number of amides is 1. The van der Waals surface area contributed by atoms with Crippen LogP contribution in [0.1, 0.15) is 37.6 Å². The lowest BCUT2D eigenvalue weighted by atomic mass is 9.99. The summed E-state index contributed by atoms with van der Waals surface area (Å²) in [6, 6.07) is 9.77. The number of hydrogen-bond donors (Lipinski definition) is 0. The van der Waals surface area contributed by atoms with Gasteiger partial charge in [-0.15, -0.1) is 0 Å². The van der Waals surface area contributed by atoms with Gasteiger partial charge in [0.25, 0.3) is 5.91 Å². The lowest BCUT2D eigenvalue weighted by Crippen LogP contribution is -2.39. The Morgan fingerprint density at radius 2 is 1.81 bits per heavy atom. The minimum absolute atomic E-state index is 0.112. The summed E-state index contributed by atoms with van der Waals surface area (Å²) in [5.74, 6) is 0.601. The molecule has 0 aliphatic carbocycles. The third kappa shape index (κ3) is 2.84. The average Bonchev–Trinajstić information content (AvgIpc) is 2.29. The van der Waals surface area contributed by atoms with E-state index < -0.39 is 0 Å². The Labute approximate surface area is 98.3 Å². The summed E-state index contributed by atoms with van der Waals surface area (Å²) in [7, 11) is 1.89. The van der Waals surface area contributed by atoms with E-state index in [9.17, 15) is 4.79 Å². The van der Waals surface area contributed by atoms with E-state index in [1.807, 2.05) is 42.3 Å². The molecule has 1 unspecified atom stereocenters. The van der Waals surface area contributed by atoms with Crippen LogP contribution in [0.15, 0.2) is 30.3 Å². The monoisotopic (exact) mass is 219 g/mol. The molecule has 0 aliphatic rings. The topological polar surface area (TPSA) is 20.3 Å². The van der Waals surface area contributed by atoms with E-state index in [1.54, 1.807) is 0 Å². The van der Waals surface area contributed by atoms with E-state index in [-0.39, 0.29) is 5.91 Å². The maximum Gasteiger partial charge on any atom is 0.253 e. The van der Waals surface area contributed by atoms with Crippen LogP contribution in [0.5, 0.6) is 0 Å². The molecule has 0 heterocycles.